The first-order valence-electron chi connectivity index (χ1n) is 8.15. The van der Waals surface area contributed by atoms with E-state index < -0.39 is 12.1 Å². The topological polar surface area (TPSA) is 68.5 Å². The van der Waals surface area contributed by atoms with Crippen LogP contribution in [-0.4, -0.2) is 18.0 Å². The number of fused-ring (bicyclic) bond motifs is 1. The van der Waals surface area contributed by atoms with Crippen LogP contribution in [0.1, 0.15) is 46.1 Å². The number of ether oxygens (including phenoxy) is 1. The molecular weight excluding hydrogens is 326 g/mol. The van der Waals surface area contributed by atoms with Crippen LogP contribution in [0.2, 0.25) is 0 Å². The van der Waals surface area contributed by atoms with Crippen LogP contribution in [0.4, 0.5) is 0 Å². The van der Waals surface area contributed by atoms with Gasteiger partial charge in [0, 0.05) is 4.88 Å². The summed E-state index contributed by atoms with van der Waals surface area (Å²) < 4.78 is 10.4. The molecular formula is C18H21NO4S. The monoisotopic (exact) mass is 347 g/mol. The summed E-state index contributed by atoms with van der Waals surface area (Å²) in [6, 6.07) is 5.45. The molecule has 24 heavy (non-hydrogen) atoms. The van der Waals surface area contributed by atoms with Gasteiger partial charge in [0.2, 0.25) is 0 Å². The van der Waals surface area contributed by atoms with Crippen LogP contribution in [0, 0.1) is 5.92 Å². The van der Waals surface area contributed by atoms with Crippen LogP contribution in [0.25, 0.3) is 0 Å². The number of furan rings is 1. The molecule has 1 aliphatic rings. The minimum absolute atomic E-state index is 0.277. The lowest BCUT2D eigenvalue weighted by Crippen LogP contribution is -2.35. The Hall–Kier alpha value is -2.08. The predicted octanol–water partition coefficient (Wildman–Crippen LogP) is 3.33. The number of carbonyl (C=O) groups excluding carboxylic acids is 2. The fraction of sp³-hybridized carbons (Fsp3) is 0.444. The molecule has 1 aliphatic carbocycles. The highest BCUT2D eigenvalue weighted by Crippen LogP contribution is 2.32. The quantitative estimate of drug-likeness (QED) is 0.843. The largest absolute Gasteiger partial charge is 0.467 e. The first-order valence-corrected chi connectivity index (χ1v) is 8.97. The highest BCUT2D eigenvalue weighted by Gasteiger charge is 2.24. The zero-order valence-electron chi connectivity index (χ0n) is 13.8. The van der Waals surface area contributed by atoms with E-state index in [2.05, 4.69) is 12.2 Å². The summed E-state index contributed by atoms with van der Waals surface area (Å²) in [6.07, 6.45) is 3.90. The van der Waals surface area contributed by atoms with E-state index in [1.54, 1.807) is 25.3 Å². The van der Waals surface area contributed by atoms with Crippen LogP contribution < -0.4 is 5.32 Å². The predicted molar refractivity (Wildman–Crippen MR) is 90.9 cm³/mol. The maximum Gasteiger partial charge on any atom is 0.349 e. The molecule has 0 unspecified atom stereocenters. The van der Waals surface area contributed by atoms with Crippen molar-refractivity contribution in [3.05, 3.63) is 45.5 Å². The second-order valence-corrected chi connectivity index (χ2v) is 7.39. The number of carbonyl (C=O) groups is 2. The molecule has 6 heteroatoms. The van der Waals surface area contributed by atoms with Gasteiger partial charge in [-0.1, -0.05) is 6.92 Å². The molecule has 0 saturated heterocycles. The van der Waals surface area contributed by atoms with Gasteiger partial charge in [-0.2, -0.15) is 0 Å². The van der Waals surface area contributed by atoms with E-state index in [0.717, 1.165) is 19.3 Å². The molecule has 2 heterocycles. The maximum absolute atomic E-state index is 12.3. The number of thiophene rings is 1. The lowest BCUT2D eigenvalue weighted by Gasteiger charge is -2.16. The molecule has 2 atom stereocenters. The highest BCUT2D eigenvalue weighted by atomic mass is 32.1. The Balaban J connectivity index is 1.55. The first kappa shape index (κ1) is 16.8. The number of rotatable bonds is 5. The van der Waals surface area contributed by atoms with Crippen molar-refractivity contribution in [2.24, 2.45) is 5.92 Å². The Morgan fingerprint density at radius 2 is 2.33 bits per heavy atom. The molecule has 128 valence electrons. The normalized spacial score (nSPS) is 17.8. The molecule has 1 N–H and O–H groups in total. The van der Waals surface area contributed by atoms with E-state index in [9.17, 15) is 9.59 Å². The molecule has 1 amide bonds. The molecule has 0 bridgehead atoms. The molecule has 2 aromatic heterocycles. The van der Waals surface area contributed by atoms with E-state index in [-0.39, 0.29) is 12.5 Å². The summed E-state index contributed by atoms with van der Waals surface area (Å²) in [5, 5.41) is 2.69. The van der Waals surface area contributed by atoms with Crippen LogP contribution in [0.5, 0.6) is 0 Å². The SMILES string of the molecule is C[C@@H]1CCc2sc(C(=O)O[C@H](C)C(=O)NCc3ccco3)cc2C1. The van der Waals surface area contributed by atoms with Gasteiger partial charge in [0.25, 0.3) is 5.91 Å². The second kappa shape index (κ2) is 7.21. The van der Waals surface area contributed by atoms with Crippen molar-refractivity contribution < 1.29 is 18.7 Å². The fourth-order valence-electron chi connectivity index (χ4n) is 2.81. The first-order chi connectivity index (χ1) is 11.5. The average Bonchev–Trinajstić information content (AvgIpc) is 3.21. The molecule has 3 rings (SSSR count). The molecule has 0 aromatic carbocycles. The van der Waals surface area contributed by atoms with E-state index in [1.807, 2.05) is 6.07 Å². The minimum atomic E-state index is -0.842. The van der Waals surface area contributed by atoms with Gasteiger partial charge >= 0.3 is 5.97 Å². The Morgan fingerprint density at radius 1 is 1.50 bits per heavy atom. The van der Waals surface area contributed by atoms with E-state index in [0.29, 0.717) is 16.6 Å². The van der Waals surface area contributed by atoms with Crippen LogP contribution in [-0.2, 0) is 28.9 Å². The number of aryl methyl sites for hydroxylation is 1. The lowest BCUT2D eigenvalue weighted by molar-refractivity contribution is -0.129. The molecule has 0 radical (unpaired) electrons. The number of amides is 1. The summed E-state index contributed by atoms with van der Waals surface area (Å²) in [7, 11) is 0. The van der Waals surface area contributed by atoms with Crippen LogP contribution in [0.3, 0.4) is 0 Å². The van der Waals surface area contributed by atoms with Crippen molar-refractivity contribution in [1.29, 1.82) is 0 Å². The summed E-state index contributed by atoms with van der Waals surface area (Å²) in [6.45, 7) is 4.08. The minimum Gasteiger partial charge on any atom is -0.467 e. The van der Waals surface area contributed by atoms with Crippen molar-refractivity contribution in [2.75, 3.05) is 0 Å². The van der Waals surface area contributed by atoms with Crippen molar-refractivity contribution in [2.45, 2.75) is 45.8 Å². The van der Waals surface area contributed by atoms with Gasteiger partial charge in [-0.3, -0.25) is 4.79 Å². The van der Waals surface area contributed by atoms with Gasteiger partial charge in [0.05, 0.1) is 12.8 Å². The van der Waals surface area contributed by atoms with Gasteiger partial charge in [0.1, 0.15) is 10.6 Å². The number of nitrogens with one attached hydrogen (secondary N) is 1. The zero-order chi connectivity index (χ0) is 17.1. The molecule has 0 fully saturated rings. The molecule has 0 aliphatic heterocycles. The van der Waals surface area contributed by atoms with Gasteiger partial charge < -0.3 is 14.5 Å². The van der Waals surface area contributed by atoms with Crippen molar-refractivity contribution in [1.82, 2.24) is 5.32 Å². The lowest BCUT2D eigenvalue weighted by atomic mass is 9.90. The number of hydrogen-bond donors (Lipinski definition) is 1. The Labute approximate surface area is 145 Å². The van der Waals surface area contributed by atoms with Gasteiger partial charge in [-0.05, 0) is 55.9 Å². The van der Waals surface area contributed by atoms with Crippen molar-refractivity contribution >= 4 is 23.2 Å². The third kappa shape index (κ3) is 3.87. The van der Waals surface area contributed by atoms with Gasteiger partial charge in [-0.25, -0.2) is 4.79 Å². The Morgan fingerprint density at radius 3 is 3.08 bits per heavy atom. The summed E-state index contributed by atoms with van der Waals surface area (Å²) in [5.74, 6) is 0.543. The Kier molecular flexibility index (Phi) is 5.04. The van der Waals surface area contributed by atoms with E-state index in [4.69, 9.17) is 9.15 Å². The third-order valence-corrected chi connectivity index (χ3v) is 5.42. The van der Waals surface area contributed by atoms with Crippen molar-refractivity contribution in [3.8, 4) is 0 Å². The number of hydrogen-bond acceptors (Lipinski definition) is 5. The smallest absolute Gasteiger partial charge is 0.349 e. The van der Waals surface area contributed by atoms with Crippen LogP contribution >= 0.6 is 11.3 Å². The second-order valence-electron chi connectivity index (χ2n) is 6.25. The van der Waals surface area contributed by atoms with E-state index in [1.165, 1.54) is 21.8 Å². The molecule has 2 aromatic rings. The molecule has 0 saturated carbocycles. The zero-order valence-corrected chi connectivity index (χ0v) is 14.7. The fourth-order valence-corrected chi connectivity index (χ4v) is 3.90. The van der Waals surface area contributed by atoms with Gasteiger partial charge in [0.15, 0.2) is 6.10 Å². The number of esters is 1. The standard InChI is InChI=1S/C18H21NO4S/c1-11-5-6-15-13(8-11)9-16(24-15)18(21)23-12(2)17(20)19-10-14-4-3-7-22-14/h3-4,7,9,11-12H,5-6,8,10H2,1-2H3,(H,19,20)/t11-,12-/m1/s1. The summed E-state index contributed by atoms with van der Waals surface area (Å²) in [4.78, 5) is 26.2. The summed E-state index contributed by atoms with van der Waals surface area (Å²) >= 11 is 1.49. The average molecular weight is 347 g/mol. The van der Waals surface area contributed by atoms with Gasteiger partial charge in [-0.15, -0.1) is 11.3 Å². The Bertz CT molecular complexity index is 719. The third-order valence-electron chi connectivity index (χ3n) is 4.20. The maximum atomic E-state index is 12.3. The van der Waals surface area contributed by atoms with Crippen molar-refractivity contribution in [3.63, 3.8) is 0 Å². The van der Waals surface area contributed by atoms with E-state index >= 15 is 0 Å². The highest BCUT2D eigenvalue weighted by molar-refractivity contribution is 7.14. The summed E-state index contributed by atoms with van der Waals surface area (Å²) in [5.41, 5.74) is 1.25. The molecule has 0 spiro atoms. The molecule has 5 nitrogen and oxygen atoms in total. The van der Waals surface area contributed by atoms with Crippen LogP contribution in [0.15, 0.2) is 28.9 Å².